The number of rotatable bonds is 5. The molecule has 108 valence electrons. The molecule has 7 heteroatoms. The number of furan rings is 1. The first kappa shape index (κ1) is 14.3. The number of hydrogen-bond donors (Lipinski definition) is 0. The van der Waals surface area contributed by atoms with E-state index in [4.69, 9.17) is 9.15 Å². The first-order valence-electron chi connectivity index (χ1n) is 5.83. The molecule has 0 unspecified atom stereocenters. The lowest BCUT2D eigenvalue weighted by Crippen LogP contribution is -2.18. The zero-order valence-electron chi connectivity index (χ0n) is 10.9. The van der Waals surface area contributed by atoms with Crippen LogP contribution in [0.15, 0.2) is 40.8 Å². The van der Waals surface area contributed by atoms with Crippen molar-refractivity contribution in [2.45, 2.75) is 0 Å². The van der Waals surface area contributed by atoms with Gasteiger partial charge in [-0.05, 0) is 36.4 Å². The van der Waals surface area contributed by atoms with Crippen LogP contribution >= 0.6 is 0 Å². The number of carbonyl (C=O) groups is 1. The molecule has 0 saturated heterocycles. The zero-order valence-corrected chi connectivity index (χ0v) is 10.9. The lowest BCUT2D eigenvalue weighted by Gasteiger charge is -2.03. The predicted molar refractivity (Wildman–Crippen MR) is 71.4 cm³/mol. The molecule has 0 aliphatic heterocycles. The van der Waals surface area contributed by atoms with Gasteiger partial charge in [-0.15, -0.1) is 0 Å². The molecule has 0 amide bonds. The Bertz CT molecular complexity index is 716. The normalized spacial score (nSPS) is 10.7. The molecule has 0 N–H and O–H groups in total. The lowest BCUT2D eigenvalue weighted by atomic mass is 10.1. The molecular formula is C14H10NO6-. The van der Waals surface area contributed by atoms with Crippen molar-refractivity contribution in [2.75, 3.05) is 7.11 Å². The van der Waals surface area contributed by atoms with Gasteiger partial charge in [-0.25, -0.2) is 0 Å². The topological polar surface area (TPSA) is 106 Å². The average Bonchev–Trinajstić information content (AvgIpc) is 2.93. The highest BCUT2D eigenvalue weighted by Gasteiger charge is 2.19. The largest absolute Gasteiger partial charge is 0.545 e. The Morgan fingerprint density at radius 2 is 2.10 bits per heavy atom. The second-order valence-corrected chi connectivity index (χ2v) is 3.99. The van der Waals surface area contributed by atoms with Crippen molar-refractivity contribution in [3.05, 3.63) is 52.3 Å². The smallest absolute Gasteiger partial charge is 0.284 e. The number of nitro groups is 1. The Morgan fingerprint density at radius 1 is 1.33 bits per heavy atom. The van der Waals surface area contributed by atoms with Crippen LogP contribution in [0.25, 0.3) is 17.4 Å². The van der Waals surface area contributed by atoms with E-state index in [1.807, 2.05) is 0 Å². The van der Waals surface area contributed by atoms with E-state index in [2.05, 4.69) is 0 Å². The second kappa shape index (κ2) is 5.91. The van der Waals surface area contributed by atoms with Crippen LogP contribution in [0.4, 0.5) is 5.69 Å². The Kier molecular flexibility index (Phi) is 4.03. The Labute approximate surface area is 119 Å². The SMILES string of the molecule is COc1ccc(-c2ccc(/C=C/C(=O)[O-])o2)c([N+](=O)[O-])c1. The summed E-state index contributed by atoms with van der Waals surface area (Å²) < 4.78 is 10.3. The highest BCUT2D eigenvalue weighted by Crippen LogP contribution is 2.34. The van der Waals surface area contributed by atoms with Gasteiger partial charge in [-0.3, -0.25) is 10.1 Å². The number of carboxylic acids is 1. The van der Waals surface area contributed by atoms with Crippen molar-refractivity contribution in [2.24, 2.45) is 0 Å². The number of carboxylic acid groups (broad SMARTS) is 1. The second-order valence-electron chi connectivity index (χ2n) is 3.99. The Morgan fingerprint density at radius 3 is 2.71 bits per heavy atom. The fourth-order valence-electron chi connectivity index (χ4n) is 1.74. The summed E-state index contributed by atoms with van der Waals surface area (Å²) in [5, 5.41) is 21.4. The zero-order chi connectivity index (χ0) is 15.4. The van der Waals surface area contributed by atoms with Crippen molar-refractivity contribution in [3.63, 3.8) is 0 Å². The molecule has 1 heterocycles. The van der Waals surface area contributed by atoms with E-state index in [1.54, 1.807) is 6.07 Å². The molecule has 0 bridgehead atoms. The molecule has 0 aliphatic carbocycles. The van der Waals surface area contributed by atoms with Gasteiger partial charge in [-0.2, -0.15) is 0 Å². The van der Waals surface area contributed by atoms with Gasteiger partial charge < -0.3 is 19.1 Å². The third-order valence-corrected chi connectivity index (χ3v) is 2.68. The summed E-state index contributed by atoms with van der Waals surface area (Å²) in [6.07, 6.45) is 2.01. The predicted octanol–water partition coefficient (Wildman–Crippen LogP) is 1.63. The fourth-order valence-corrected chi connectivity index (χ4v) is 1.74. The van der Waals surface area contributed by atoms with Crippen LogP contribution in [0.1, 0.15) is 5.76 Å². The van der Waals surface area contributed by atoms with Crippen molar-refractivity contribution >= 4 is 17.7 Å². The van der Waals surface area contributed by atoms with E-state index < -0.39 is 10.9 Å². The van der Waals surface area contributed by atoms with Crippen LogP contribution < -0.4 is 9.84 Å². The number of ether oxygens (including phenoxy) is 1. The quantitative estimate of drug-likeness (QED) is 0.470. The third kappa shape index (κ3) is 3.27. The molecule has 1 aromatic carbocycles. The van der Waals surface area contributed by atoms with Gasteiger partial charge in [0.2, 0.25) is 0 Å². The molecule has 0 radical (unpaired) electrons. The maximum Gasteiger partial charge on any atom is 0.284 e. The van der Waals surface area contributed by atoms with Gasteiger partial charge in [0.05, 0.1) is 29.6 Å². The molecule has 0 saturated carbocycles. The molecule has 21 heavy (non-hydrogen) atoms. The van der Waals surface area contributed by atoms with E-state index in [-0.39, 0.29) is 22.8 Å². The fraction of sp³-hybridized carbons (Fsp3) is 0.0714. The molecule has 0 atom stereocenters. The first-order valence-corrected chi connectivity index (χ1v) is 5.83. The van der Waals surface area contributed by atoms with Crippen molar-refractivity contribution in [3.8, 4) is 17.1 Å². The van der Waals surface area contributed by atoms with Crippen LogP contribution in [0.2, 0.25) is 0 Å². The summed E-state index contributed by atoms with van der Waals surface area (Å²) in [4.78, 5) is 20.9. The number of nitro benzene ring substituents is 1. The van der Waals surface area contributed by atoms with E-state index in [0.29, 0.717) is 5.75 Å². The maximum atomic E-state index is 11.1. The number of aliphatic carboxylic acids is 1. The molecule has 2 aromatic rings. The average molecular weight is 288 g/mol. The van der Waals surface area contributed by atoms with Crippen LogP contribution in [-0.4, -0.2) is 18.0 Å². The van der Waals surface area contributed by atoms with E-state index in [9.17, 15) is 20.0 Å². The van der Waals surface area contributed by atoms with E-state index in [1.165, 1.54) is 37.5 Å². The number of methoxy groups -OCH3 is 1. The summed E-state index contributed by atoms with van der Waals surface area (Å²) in [5.41, 5.74) is 0.105. The van der Waals surface area contributed by atoms with Gasteiger partial charge in [0, 0.05) is 0 Å². The Hall–Kier alpha value is -3.09. The summed E-state index contributed by atoms with van der Waals surface area (Å²) >= 11 is 0. The first-order chi connectivity index (χ1) is 10.0. The van der Waals surface area contributed by atoms with Crippen molar-refractivity contribution < 1.29 is 24.0 Å². The van der Waals surface area contributed by atoms with Crippen molar-refractivity contribution in [1.82, 2.24) is 0 Å². The lowest BCUT2D eigenvalue weighted by molar-refractivity contribution is -0.384. The monoisotopic (exact) mass is 288 g/mol. The molecule has 0 fully saturated rings. The van der Waals surface area contributed by atoms with E-state index >= 15 is 0 Å². The minimum Gasteiger partial charge on any atom is -0.545 e. The van der Waals surface area contributed by atoms with Crippen molar-refractivity contribution in [1.29, 1.82) is 0 Å². The summed E-state index contributed by atoms with van der Waals surface area (Å²) in [6, 6.07) is 7.38. The van der Waals surface area contributed by atoms with Crippen LogP contribution in [0.5, 0.6) is 5.75 Å². The molecule has 0 spiro atoms. The minimum absolute atomic E-state index is 0.167. The number of benzene rings is 1. The standard InChI is InChI=1S/C14H11NO6/c1-20-10-2-5-11(12(8-10)15(18)19)13-6-3-9(21-13)4-7-14(16)17/h2-8H,1H3,(H,16,17)/p-1/b7-4+. The number of nitrogens with zero attached hydrogens (tertiary/aromatic N) is 1. The highest BCUT2D eigenvalue weighted by atomic mass is 16.6. The number of hydrogen-bond acceptors (Lipinski definition) is 6. The van der Waals surface area contributed by atoms with Gasteiger partial charge >= 0.3 is 0 Å². The van der Waals surface area contributed by atoms with Crippen LogP contribution in [0.3, 0.4) is 0 Å². The minimum atomic E-state index is -1.36. The molecule has 1 aromatic heterocycles. The summed E-state index contributed by atoms with van der Waals surface area (Å²) in [7, 11) is 1.41. The van der Waals surface area contributed by atoms with Crippen LogP contribution in [-0.2, 0) is 4.79 Å². The molecule has 2 rings (SSSR count). The van der Waals surface area contributed by atoms with Gasteiger partial charge in [0.1, 0.15) is 17.3 Å². The third-order valence-electron chi connectivity index (χ3n) is 2.68. The van der Waals surface area contributed by atoms with Crippen LogP contribution in [0, 0.1) is 10.1 Å². The number of carbonyl (C=O) groups excluding carboxylic acids is 1. The van der Waals surface area contributed by atoms with E-state index in [0.717, 1.165) is 6.08 Å². The summed E-state index contributed by atoms with van der Waals surface area (Å²) in [6.45, 7) is 0. The molecular weight excluding hydrogens is 278 g/mol. The van der Waals surface area contributed by atoms with Gasteiger partial charge in [0.25, 0.3) is 5.69 Å². The Balaban J connectivity index is 2.42. The maximum absolute atomic E-state index is 11.1. The van der Waals surface area contributed by atoms with Gasteiger partial charge in [-0.1, -0.05) is 0 Å². The van der Waals surface area contributed by atoms with Gasteiger partial charge in [0.15, 0.2) is 0 Å². The molecule has 7 nitrogen and oxygen atoms in total. The summed E-state index contributed by atoms with van der Waals surface area (Å²) in [5.74, 6) is -0.501. The highest BCUT2D eigenvalue weighted by molar-refractivity contribution is 5.83. The molecule has 0 aliphatic rings.